The van der Waals surface area contributed by atoms with E-state index in [1.165, 1.54) is 83.8 Å². The Morgan fingerprint density at radius 1 is 1.04 bits per heavy atom. The van der Waals surface area contributed by atoms with Crippen LogP contribution in [-0.4, -0.2) is 24.5 Å². The molecule has 6 atom stereocenters. The lowest BCUT2D eigenvalue weighted by atomic mass is 9.48. The predicted octanol–water partition coefficient (Wildman–Crippen LogP) is 6.22. The zero-order valence-corrected chi connectivity index (χ0v) is 17.2. The van der Waals surface area contributed by atoms with Gasteiger partial charge >= 0.3 is 0 Å². The number of allylic oxidation sites excluding steroid dienone is 4. The first-order chi connectivity index (χ1) is 12.6. The van der Waals surface area contributed by atoms with Crippen LogP contribution in [0.4, 0.5) is 0 Å². The number of nitrogens with zero attached hydrogens (tertiary/aromatic N) is 1. The summed E-state index contributed by atoms with van der Waals surface area (Å²) in [7, 11) is 0. The van der Waals surface area contributed by atoms with Gasteiger partial charge in [-0.25, -0.2) is 0 Å². The number of rotatable bonds is 3. The van der Waals surface area contributed by atoms with Crippen molar-refractivity contribution in [1.29, 1.82) is 0 Å². The Labute approximate surface area is 161 Å². The lowest BCUT2D eigenvalue weighted by Crippen LogP contribution is -2.49. The first kappa shape index (κ1) is 17.5. The molecule has 0 aromatic heterocycles. The molecule has 1 saturated heterocycles. The average Bonchev–Trinajstić information content (AvgIpc) is 3.26. The summed E-state index contributed by atoms with van der Waals surface area (Å²) >= 11 is 0. The van der Waals surface area contributed by atoms with Crippen LogP contribution in [0.3, 0.4) is 0 Å². The van der Waals surface area contributed by atoms with Gasteiger partial charge in [0.05, 0.1) is 0 Å². The quantitative estimate of drug-likeness (QED) is 0.582. The van der Waals surface area contributed by atoms with E-state index in [9.17, 15) is 0 Å². The summed E-state index contributed by atoms with van der Waals surface area (Å²) in [5, 5.41) is 0. The molecule has 1 aliphatic heterocycles. The SMILES string of the molecule is C[C@]12CC[C@H]3[C@@H](CC=C4C=CCC[C@@]43C)[C@@H]1CC[C@@H]2CCN1CCCC1. The van der Waals surface area contributed by atoms with Crippen LogP contribution >= 0.6 is 0 Å². The molecule has 0 aromatic rings. The minimum Gasteiger partial charge on any atom is -0.303 e. The molecule has 0 bridgehead atoms. The molecule has 1 heterocycles. The number of likely N-dealkylation sites (tertiary alicyclic amines) is 1. The van der Waals surface area contributed by atoms with Gasteiger partial charge in [0.1, 0.15) is 0 Å². The minimum absolute atomic E-state index is 0.493. The van der Waals surface area contributed by atoms with E-state index in [1.807, 2.05) is 0 Å². The van der Waals surface area contributed by atoms with Crippen molar-refractivity contribution in [2.75, 3.05) is 19.6 Å². The van der Waals surface area contributed by atoms with Crippen LogP contribution in [0.5, 0.6) is 0 Å². The van der Waals surface area contributed by atoms with Crippen molar-refractivity contribution in [2.45, 2.75) is 78.1 Å². The zero-order valence-electron chi connectivity index (χ0n) is 17.2. The van der Waals surface area contributed by atoms with Gasteiger partial charge in [0, 0.05) is 0 Å². The smallest absolute Gasteiger partial charge is 0.00159 e. The van der Waals surface area contributed by atoms with E-state index in [-0.39, 0.29) is 0 Å². The Hall–Kier alpha value is -0.560. The van der Waals surface area contributed by atoms with Crippen molar-refractivity contribution in [2.24, 2.45) is 34.5 Å². The molecule has 2 saturated carbocycles. The van der Waals surface area contributed by atoms with Crippen molar-refractivity contribution >= 4 is 0 Å². The molecule has 4 aliphatic carbocycles. The third kappa shape index (κ3) is 2.60. The van der Waals surface area contributed by atoms with E-state index in [0.29, 0.717) is 10.8 Å². The first-order valence-electron chi connectivity index (χ1n) is 11.7. The van der Waals surface area contributed by atoms with E-state index >= 15 is 0 Å². The van der Waals surface area contributed by atoms with Gasteiger partial charge < -0.3 is 4.90 Å². The summed E-state index contributed by atoms with van der Waals surface area (Å²) in [6, 6.07) is 0. The van der Waals surface area contributed by atoms with Crippen LogP contribution in [-0.2, 0) is 0 Å². The maximum atomic E-state index is 2.74. The molecule has 1 nitrogen and oxygen atoms in total. The monoisotopic (exact) mass is 353 g/mol. The molecule has 0 aromatic carbocycles. The van der Waals surface area contributed by atoms with Crippen LogP contribution in [0.25, 0.3) is 0 Å². The van der Waals surface area contributed by atoms with E-state index < -0.39 is 0 Å². The van der Waals surface area contributed by atoms with Crippen LogP contribution in [0, 0.1) is 34.5 Å². The van der Waals surface area contributed by atoms with E-state index in [0.717, 1.165) is 23.7 Å². The number of fused-ring (bicyclic) bond motifs is 5. The van der Waals surface area contributed by atoms with Gasteiger partial charge in [-0.1, -0.05) is 32.1 Å². The Balaban J connectivity index is 1.33. The third-order valence-corrected chi connectivity index (χ3v) is 9.84. The highest BCUT2D eigenvalue weighted by Crippen LogP contribution is 2.66. The molecule has 0 unspecified atom stereocenters. The zero-order chi connectivity index (χ0) is 17.8. The second-order valence-electron chi connectivity index (χ2n) is 10.8. The fraction of sp³-hybridized carbons (Fsp3) is 0.840. The molecule has 0 radical (unpaired) electrons. The summed E-state index contributed by atoms with van der Waals surface area (Å²) in [6.45, 7) is 9.45. The topological polar surface area (TPSA) is 3.24 Å². The highest BCUT2D eigenvalue weighted by atomic mass is 15.1. The van der Waals surface area contributed by atoms with Gasteiger partial charge in [-0.05, 0) is 124 Å². The summed E-state index contributed by atoms with van der Waals surface area (Å²) < 4.78 is 0. The normalized spacial score (nSPS) is 48.0. The molecule has 5 rings (SSSR count). The van der Waals surface area contributed by atoms with E-state index in [1.54, 1.807) is 5.57 Å². The lowest BCUT2D eigenvalue weighted by molar-refractivity contribution is -0.0376. The molecular formula is C25H39N. The molecule has 26 heavy (non-hydrogen) atoms. The van der Waals surface area contributed by atoms with Crippen molar-refractivity contribution in [3.63, 3.8) is 0 Å². The Morgan fingerprint density at radius 3 is 2.73 bits per heavy atom. The Bertz CT molecular complexity index is 597. The third-order valence-electron chi connectivity index (χ3n) is 9.84. The molecule has 1 heteroatoms. The van der Waals surface area contributed by atoms with E-state index in [4.69, 9.17) is 0 Å². The van der Waals surface area contributed by atoms with Crippen molar-refractivity contribution in [3.8, 4) is 0 Å². The van der Waals surface area contributed by atoms with Crippen LogP contribution < -0.4 is 0 Å². The highest BCUT2D eigenvalue weighted by molar-refractivity contribution is 5.34. The predicted molar refractivity (Wildman–Crippen MR) is 110 cm³/mol. The number of hydrogen-bond acceptors (Lipinski definition) is 1. The molecule has 5 aliphatic rings. The fourth-order valence-electron chi connectivity index (χ4n) is 8.23. The fourth-order valence-corrected chi connectivity index (χ4v) is 8.23. The summed E-state index contributed by atoms with van der Waals surface area (Å²) in [5.74, 6) is 3.94. The first-order valence-corrected chi connectivity index (χ1v) is 11.7. The standard InChI is InChI=1S/C25H39N/c1-24-14-4-3-7-19(24)8-10-21-22-11-9-20(13-18-26-16-5-6-17-26)25(22,2)15-12-23(21)24/h3,7-8,20-23H,4-6,9-18H2,1-2H3/t20-,21+,22+,23+,24+,25-/m1/s1. The summed E-state index contributed by atoms with van der Waals surface area (Å²) in [6.07, 6.45) is 22.0. The Kier molecular flexibility index (Phi) is 4.39. The van der Waals surface area contributed by atoms with Gasteiger partial charge in [0.25, 0.3) is 0 Å². The largest absolute Gasteiger partial charge is 0.303 e. The molecular weight excluding hydrogens is 314 g/mol. The second-order valence-corrected chi connectivity index (χ2v) is 10.8. The molecule has 3 fully saturated rings. The number of hydrogen-bond donors (Lipinski definition) is 0. The minimum atomic E-state index is 0.493. The van der Waals surface area contributed by atoms with Gasteiger partial charge in [-0.15, -0.1) is 0 Å². The Morgan fingerprint density at radius 2 is 1.88 bits per heavy atom. The van der Waals surface area contributed by atoms with Gasteiger partial charge in [0.15, 0.2) is 0 Å². The van der Waals surface area contributed by atoms with Crippen molar-refractivity contribution in [3.05, 3.63) is 23.8 Å². The molecule has 144 valence electrons. The maximum absolute atomic E-state index is 2.74. The van der Waals surface area contributed by atoms with Gasteiger partial charge in [0.2, 0.25) is 0 Å². The van der Waals surface area contributed by atoms with Gasteiger partial charge in [-0.3, -0.25) is 0 Å². The second kappa shape index (κ2) is 6.50. The molecule has 0 spiro atoms. The average molecular weight is 354 g/mol. The molecule has 0 amide bonds. The van der Waals surface area contributed by atoms with Crippen molar-refractivity contribution < 1.29 is 0 Å². The summed E-state index contributed by atoms with van der Waals surface area (Å²) in [5.41, 5.74) is 2.83. The van der Waals surface area contributed by atoms with Crippen LogP contribution in [0.2, 0.25) is 0 Å². The lowest BCUT2D eigenvalue weighted by Gasteiger charge is -2.57. The van der Waals surface area contributed by atoms with Crippen molar-refractivity contribution in [1.82, 2.24) is 4.90 Å². The van der Waals surface area contributed by atoms with E-state index in [2.05, 4.69) is 37.0 Å². The van der Waals surface area contributed by atoms with Crippen LogP contribution in [0.1, 0.15) is 78.1 Å². The molecule has 0 N–H and O–H groups in total. The highest BCUT2D eigenvalue weighted by Gasteiger charge is 2.57. The van der Waals surface area contributed by atoms with Gasteiger partial charge in [-0.2, -0.15) is 0 Å². The van der Waals surface area contributed by atoms with Crippen LogP contribution in [0.15, 0.2) is 23.8 Å². The summed E-state index contributed by atoms with van der Waals surface area (Å²) in [4.78, 5) is 2.74. The maximum Gasteiger partial charge on any atom is -0.00159 e.